The molecule has 3 aromatic heterocycles. The number of carbonyl (C=O) groups excluding carboxylic acids is 1. The Bertz CT molecular complexity index is 1340. The number of ketones is 1. The summed E-state index contributed by atoms with van der Waals surface area (Å²) in [6.07, 6.45) is 0. The first-order valence-electron chi connectivity index (χ1n) is 8.15. The molecule has 0 bridgehead atoms. The highest BCUT2D eigenvalue weighted by molar-refractivity contribution is 7.21. The zero-order valence-electron chi connectivity index (χ0n) is 14.6. The number of aromatic nitrogens is 1. The fourth-order valence-electron chi connectivity index (χ4n) is 3.04. The fraction of sp³-hybridized carbons (Fsp3) is 0. The summed E-state index contributed by atoms with van der Waals surface area (Å²) in [5.74, 6) is -0.403. The number of nitro benzene ring substituents is 1. The van der Waals surface area contributed by atoms with Crippen LogP contribution in [-0.2, 0) is 0 Å². The smallest absolute Gasteiger partial charge is 0.270 e. The second-order valence-corrected chi connectivity index (χ2v) is 7.81. The molecule has 0 aliphatic heterocycles. The largest absolute Gasteiger partial charge is 0.397 e. The first kappa shape index (κ1) is 18.5. The molecule has 0 radical (unpaired) electrons. The lowest BCUT2D eigenvalue weighted by atomic mass is 9.98. The van der Waals surface area contributed by atoms with E-state index in [9.17, 15) is 20.2 Å². The molecule has 0 saturated heterocycles. The van der Waals surface area contributed by atoms with Crippen LogP contribution in [0.3, 0.4) is 0 Å². The molecule has 0 aliphatic carbocycles. The molecule has 0 fully saturated rings. The van der Waals surface area contributed by atoms with Crippen molar-refractivity contribution in [2.75, 3.05) is 11.5 Å². The first-order valence-corrected chi connectivity index (χ1v) is 9.91. The molecule has 3 heterocycles. The van der Waals surface area contributed by atoms with E-state index in [1.165, 1.54) is 35.6 Å². The molecular weight excluding hydrogens is 410 g/mol. The van der Waals surface area contributed by atoms with Crippen LogP contribution in [0.25, 0.3) is 21.3 Å². The Morgan fingerprint density at radius 1 is 1.28 bits per heavy atom. The molecule has 4 N–H and O–H groups in total. The average molecular weight is 421 g/mol. The fourth-order valence-corrected chi connectivity index (χ4v) is 4.76. The van der Waals surface area contributed by atoms with Gasteiger partial charge in [0, 0.05) is 28.6 Å². The van der Waals surface area contributed by atoms with Gasteiger partial charge in [0.05, 0.1) is 10.6 Å². The van der Waals surface area contributed by atoms with Crippen molar-refractivity contribution in [2.24, 2.45) is 0 Å². The van der Waals surface area contributed by atoms with Gasteiger partial charge < -0.3 is 11.5 Å². The number of nitrogen functional groups attached to an aromatic ring is 2. The number of anilines is 2. The van der Waals surface area contributed by atoms with Gasteiger partial charge in [-0.05, 0) is 22.4 Å². The van der Waals surface area contributed by atoms with Gasteiger partial charge in [0.25, 0.3) is 5.69 Å². The van der Waals surface area contributed by atoms with Gasteiger partial charge in [0.2, 0.25) is 5.78 Å². The monoisotopic (exact) mass is 421 g/mol. The Morgan fingerprint density at radius 3 is 2.72 bits per heavy atom. The van der Waals surface area contributed by atoms with Crippen LogP contribution in [0.2, 0.25) is 0 Å². The molecule has 8 nitrogen and oxygen atoms in total. The van der Waals surface area contributed by atoms with E-state index in [1.54, 1.807) is 0 Å². The number of carbonyl (C=O) groups is 1. The number of rotatable bonds is 4. The number of nitrogens with zero attached hydrogens (tertiary/aromatic N) is 3. The number of pyridine rings is 1. The second kappa shape index (κ2) is 6.97. The van der Waals surface area contributed by atoms with E-state index in [-0.39, 0.29) is 33.2 Å². The highest BCUT2D eigenvalue weighted by Gasteiger charge is 2.25. The number of thiophene rings is 2. The summed E-state index contributed by atoms with van der Waals surface area (Å²) < 4.78 is 0. The molecule has 0 amide bonds. The SMILES string of the molecule is N#Cc1c(N)nc2sc(C(=O)c3cccc([N+](=O)[O-])c3)c(N)c2c1-c1ccsc1. The van der Waals surface area contributed by atoms with Crippen molar-refractivity contribution in [3.05, 3.63) is 67.2 Å². The van der Waals surface area contributed by atoms with E-state index in [0.29, 0.717) is 15.8 Å². The van der Waals surface area contributed by atoms with Crippen molar-refractivity contribution in [1.29, 1.82) is 5.26 Å². The third-order valence-electron chi connectivity index (χ3n) is 4.35. The third kappa shape index (κ3) is 2.98. The number of hydrogen-bond donors (Lipinski definition) is 2. The standard InChI is InChI=1S/C19H11N5O3S2/c20-7-12-13(10-4-5-28-8-10)14-15(21)17(29-19(14)23-18(12)22)16(25)9-2-1-3-11(6-9)24(26)27/h1-6,8H,21H2,(H2,22,23). The molecule has 0 spiro atoms. The lowest BCUT2D eigenvalue weighted by Gasteiger charge is -2.07. The Kier molecular flexibility index (Phi) is 4.46. The van der Waals surface area contributed by atoms with E-state index >= 15 is 0 Å². The maximum Gasteiger partial charge on any atom is 0.270 e. The Hall–Kier alpha value is -3.81. The van der Waals surface area contributed by atoms with Crippen LogP contribution in [0.1, 0.15) is 20.8 Å². The summed E-state index contributed by atoms with van der Waals surface area (Å²) in [7, 11) is 0. The lowest BCUT2D eigenvalue weighted by molar-refractivity contribution is -0.384. The van der Waals surface area contributed by atoms with Crippen LogP contribution in [0.5, 0.6) is 0 Å². The van der Waals surface area contributed by atoms with Gasteiger partial charge in [-0.1, -0.05) is 12.1 Å². The topological polar surface area (TPSA) is 149 Å². The number of non-ortho nitro benzene ring substituents is 1. The van der Waals surface area contributed by atoms with E-state index in [4.69, 9.17) is 11.5 Å². The maximum absolute atomic E-state index is 13.0. The number of benzene rings is 1. The van der Waals surface area contributed by atoms with E-state index in [1.807, 2.05) is 16.8 Å². The minimum Gasteiger partial charge on any atom is -0.397 e. The molecule has 1 aromatic carbocycles. The van der Waals surface area contributed by atoms with Gasteiger partial charge in [0.15, 0.2) is 0 Å². The van der Waals surface area contributed by atoms with Gasteiger partial charge in [-0.2, -0.15) is 16.6 Å². The number of nitriles is 1. The highest BCUT2D eigenvalue weighted by Crippen LogP contribution is 2.43. The summed E-state index contributed by atoms with van der Waals surface area (Å²) >= 11 is 2.49. The molecule has 10 heteroatoms. The van der Waals surface area contributed by atoms with Crippen LogP contribution in [0.4, 0.5) is 17.2 Å². The van der Waals surface area contributed by atoms with Crippen LogP contribution in [0, 0.1) is 21.4 Å². The highest BCUT2D eigenvalue weighted by atomic mass is 32.1. The van der Waals surface area contributed by atoms with Crippen molar-refractivity contribution in [3.63, 3.8) is 0 Å². The Labute approximate surface area is 171 Å². The van der Waals surface area contributed by atoms with Crippen molar-refractivity contribution in [3.8, 4) is 17.2 Å². The van der Waals surface area contributed by atoms with Crippen LogP contribution in [-0.4, -0.2) is 15.7 Å². The quantitative estimate of drug-likeness (QED) is 0.285. The number of nitrogens with two attached hydrogens (primary N) is 2. The van der Waals surface area contributed by atoms with Crippen molar-refractivity contribution >= 4 is 55.9 Å². The van der Waals surface area contributed by atoms with E-state index < -0.39 is 10.7 Å². The third-order valence-corrected chi connectivity index (χ3v) is 6.13. The van der Waals surface area contributed by atoms with Crippen LogP contribution < -0.4 is 11.5 Å². The lowest BCUT2D eigenvalue weighted by Crippen LogP contribution is -2.03. The molecule has 0 unspecified atom stereocenters. The number of hydrogen-bond acceptors (Lipinski definition) is 9. The predicted octanol–water partition coefficient (Wildman–Crippen LogP) is 4.20. The molecule has 4 aromatic rings. The molecule has 0 atom stereocenters. The summed E-state index contributed by atoms with van der Waals surface area (Å²) in [4.78, 5) is 28.4. The molecule has 29 heavy (non-hydrogen) atoms. The van der Waals surface area contributed by atoms with E-state index in [2.05, 4.69) is 11.1 Å². The zero-order chi connectivity index (χ0) is 20.7. The summed E-state index contributed by atoms with van der Waals surface area (Å²) in [6, 6.07) is 9.34. The first-order chi connectivity index (χ1) is 13.9. The van der Waals surface area contributed by atoms with Crippen molar-refractivity contribution < 1.29 is 9.72 Å². The van der Waals surface area contributed by atoms with Gasteiger partial charge >= 0.3 is 0 Å². The van der Waals surface area contributed by atoms with Crippen LogP contribution in [0.15, 0.2) is 41.1 Å². The summed E-state index contributed by atoms with van der Waals surface area (Å²) in [5, 5.41) is 24.8. The van der Waals surface area contributed by atoms with Crippen molar-refractivity contribution in [1.82, 2.24) is 4.98 Å². The minimum atomic E-state index is -0.568. The van der Waals surface area contributed by atoms with Gasteiger partial charge in [0.1, 0.15) is 27.2 Å². The number of fused-ring (bicyclic) bond motifs is 1. The van der Waals surface area contributed by atoms with Gasteiger partial charge in [-0.25, -0.2) is 4.98 Å². The normalized spacial score (nSPS) is 10.7. The minimum absolute atomic E-state index is 0.0526. The van der Waals surface area contributed by atoms with E-state index in [0.717, 1.165) is 16.9 Å². The maximum atomic E-state index is 13.0. The average Bonchev–Trinajstić information content (AvgIpc) is 3.35. The zero-order valence-corrected chi connectivity index (χ0v) is 16.2. The molecule has 0 saturated carbocycles. The second-order valence-electron chi connectivity index (χ2n) is 6.03. The van der Waals surface area contributed by atoms with Gasteiger partial charge in [-0.15, -0.1) is 11.3 Å². The Morgan fingerprint density at radius 2 is 2.07 bits per heavy atom. The molecular formula is C19H11N5O3S2. The summed E-state index contributed by atoms with van der Waals surface area (Å²) in [5.41, 5.74) is 13.9. The summed E-state index contributed by atoms with van der Waals surface area (Å²) in [6.45, 7) is 0. The van der Waals surface area contributed by atoms with Crippen LogP contribution >= 0.6 is 22.7 Å². The number of nitro groups is 1. The van der Waals surface area contributed by atoms with Crippen molar-refractivity contribution in [2.45, 2.75) is 0 Å². The molecule has 4 rings (SSSR count). The molecule has 142 valence electrons. The van der Waals surface area contributed by atoms with Gasteiger partial charge in [-0.3, -0.25) is 14.9 Å². The predicted molar refractivity (Wildman–Crippen MR) is 113 cm³/mol. The molecule has 0 aliphatic rings. The Balaban J connectivity index is 1.97.